The van der Waals surface area contributed by atoms with Gasteiger partial charge in [-0.05, 0) is 25.1 Å². The number of furan rings is 1. The maximum absolute atomic E-state index is 12.6. The molecule has 0 saturated carbocycles. The molecule has 0 radical (unpaired) electrons. The summed E-state index contributed by atoms with van der Waals surface area (Å²) in [7, 11) is -3.98. The molecule has 13 heteroatoms. The molecule has 0 amide bonds. The fourth-order valence-electron chi connectivity index (χ4n) is 2.30. The molecule has 3 heterocycles. The summed E-state index contributed by atoms with van der Waals surface area (Å²) in [5.74, 6) is 0.518. The van der Waals surface area contributed by atoms with Gasteiger partial charge in [0.1, 0.15) is 23.5 Å². The Bertz CT molecular complexity index is 1020. The van der Waals surface area contributed by atoms with E-state index in [9.17, 15) is 21.6 Å². The first kappa shape index (κ1) is 19.1. The maximum atomic E-state index is 12.6. The van der Waals surface area contributed by atoms with Crippen LogP contribution in [0.4, 0.5) is 13.2 Å². The van der Waals surface area contributed by atoms with Crippen LogP contribution in [0.5, 0.6) is 0 Å². The molecule has 0 aromatic carbocycles. The Labute approximate surface area is 151 Å². The van der Waals surface area contributed by atoms with Gasteiger partial charge in [-0.2, -0.15) is 18.3 Å². The van der Waals surface area contributed by atoms with Crippen molar-refractivity contribution in [1.82, 2.24) is 29.7 Å². The number of rotatable bonds is 7. The zero-order valence-corrected chi connectivity index (χ0v) is 14.8. The van der Waals surface area contributed by atoms with Gasteiger partial charge in [0.25, 0.3) is 10.0 Å². The number of aromatic amines is 1. The predicted molar refractivity (Wildman–Crippen MR) is 85.9 cm³/mol. The highest BCUT2D eigenvalue weighted by atomic mass is 32.2. The minimum atomic E-state index is -4.59. The van der Waals surface area contributed by atoms with Gasteiger partial charge in [0, 0.05) is 19.5 Å². The Morgan fingerprint density at radius 2 is 2.11 bits per heavy atom. The van der Waals surface area contributed by atoms with E-state index in [1.165, 1.54) is 6.07 Å². The van der Waals surface area contributed by atoms with Gasteiger partial charge in [-0.3, -0.25) is 5.10 Å². The first-order chi connectivity index (χ1) is 12.7. The summed E-state index contributed by atoms with van der Waals surface area (Å²) in [5, 5.41) is 12.5. The highest BCUT2D eigenvalue weighted by molar-refractivity contribution is 7.89. The van der Waals surface area contributed by atoms with Crippen molar-refractivity contribution in [2.24, 2.45) is 0 Å². The smallest absolute Gasteiger partial charge is 0.432 e. The summed E-state index contributed by atoms with van der Waals surface area (Å²) in [4.78, 5) is 0. The molecule has 0 aliphatic rings. The first-order valence-corrected chi connectivity index (χ1v) is 9.28. The van der Waals surface area contributed by atoms with Crippen molar-refractivity contribution in [2.45, 2.75) is 31.2 Å². The van der Waals surface area contributed by atoms with Crippen molar-refractivity contribution in [2.75, 3.05) is 6.54 Å². The number of hydrogen-bond acceptors (Lipinski definition) is 6. The quantitative estimate of drug-likeness (QED) is 0.620. The fraction of sp³-hybridized carbons (Fsp3) is 0.357. The monoisotopic (exact) mass is 404 g/mol. The fourth-order valence-corrected chi connectivity index (χ4v) is 3.26. The van der Waals surface area contributed by atoms with Crippen molar-refractivity contribution in [3.05, 3.63) is 36.0 Å². The van der Waals surface area contributed by atoms with Gasteiger partial charge in [-0.25, -0.2) is 13.1 Å². The van der Waals surface area contributed by atoms with Crippen LogP contribution >= 0.6 is 0 Å². The molecule has 0 bridgehead atoms. The molecule has 146 valence electrons. The normalized spacial score (nSPS) is 12.6. The number of sulfonamides is 1. The van der Waals surface area contributed by atoms with Crippen LogP contribution in [0.25, 0.3) is 11.5 Å². The molecule has 0 aliphatic carbocycles. The Balaban J connectivity index is 1.68. The van der Waals surface area contributed by atoms with E-state index in [1.54, 1.807) is 10.9 Å². The lowest BCUT2D eigenvalue weighted by Crippen LogP contribution is -2.26. The van der Waals surface area contributed by atoms with Crippen molar-refractivity contribution < 1.29 is 26.0 Å². The minimum Gasteiger partial charge on any atom is -0.442 e. The van der Waals surface area contributed by atoms with E-state index in [0.717, 1.165) is 12.1 Å². The van der Waals surface area contributed by atoms with Gasteiger partial charge in [0.05, 0.1) is 0 Å². The van der Waals surface area contributed by atoms with Gasteiger partial charge in [-0.1, -0.05) is 0 Å². The molecule has 3 aromatic rings. The molecule has 0 spiro atoms. The standard InChI is InChI=1S/C14H15F3N6O3S/c1-2-23-8-18-22-12(23)5-6-19-27(24,25)13-4-3-10(26-13)9-7-11(21-20-9)14(15,16)17/h3-4,7-8,19H,2,5-6H2,1H3,(H,20,21). The number of aromatic nitrogens is 5. The molecule has 0 saturated heterocycles. The van der Waals surface area contributed by atoms with Gasteiger partial charge in [-0.15, -0.1) is 10.2 Å². The topological polar surface area (TPSA) is 119 Å². The number of H-pyrrole nitrogens is 1. The van der Waals surface area contributed by atoms with Gasteiger partial charge in [0.2, 0.25) is 5.09 Å². The van der Waals surface area contributed by atoms with E-state index in [4.69, 9.17) is 4.42 Å². The third-order valence-electron chi connectivity index (χ3n) is 3.66. The Kier molecular flexibility index (Phi) is 5.06. The Morgan fingerprint density at radius 1 is 1.33 bits per heavy atom. The third kappa shape index (κ3) is 4.19. The lowest BCUT2D eigenvalue weighted by Gasteiger charge is -2.05. The molecule has 0 atom stereocenters. The maximum Gasteiger partial charge on any atom is 0.432 e. The second-order valence-corrected chi connectivity index (χ2v) is 7.16. The van der Waals surface area contributed by atoms with Crippen LogP contribution in [-0.2, 0) is 29.2 Å². The average Bonchev–Trinajstić information content (AvgIpc) is 3.33. The summed E-state index contributed by atoms with van der Waals surface area (Å²) in [5.41, 5.74) is -1.21. The zero-order chi connectivity index (χ0) is 19.7. The van der Waals surface area contributed by atoms with Gasteiger partial charge in [0.15, 0.2) is 5.76 Å². The van der Waals surface area contributed by atoms with Crippen LogP contribution in [-0.4, -0.2) is 39.9 Å². The third-order valence-corrected chi connectivity index (χ3v) is 4.99. The molecule has 27 heavy (non-hydrogen) atoms. The van der Waals surface area contributed by atoms with Crippen molar-refractivity contribution >= 4 is 10.0 Å². The van der Waals surface area contributed by atoms with Crippen LogP contribution in [0.15, 0.2) is 34.0 Å². The van der Waals surface area contributed by atoms with Crippen molar-refractivity contribution in [3.8, 4) is 11.5 Å². The van der Waals surface area contributed by atoms with Crippen LogP contribution in [0.1, 0.15) is 18.4 Å². The number of nitrogens with zero attached hydrogens (tertiary/aromatic N) is 4. The highest BCUT2D eigenvalue weighted by Crippen LogP contribution is 2.31. The van der Waals surface area contributed by atoms with E-state index in [-0.39, 0.29) is 18.0 Å². The SMILES string of the molecule is CCn1cnnc1CCNS(=O)(=O)c1ccc(-c2cc(C(F)(F)F)[nH]n2)o1. The molecule has 0 fully saturated rings. The Morgan fingerprint density at radius 3 is 2.78 bits per heavy atom. The molecule has 3 rings (SSSR count). The molecule has 0 aliphatic heterocycles. The minimum absolute atomic E-state index is 0.0533. The molecular weight excluding hydrogens is 389 g/mol. The van der Waals surface area contributed by atoms with Crippen molar-refractivity contribution in [1.29, 1.82) is 0 Å². The largest absolute Gasteiger partial charge is 0.442 e. The van der Waals surface area contributed by atoms with Crippen molar-refractivity contribution in [3.63, 3.8) is 0 Å². The summed E-state index contributed by atoms with van der Waals surface area (Å²) >= 11 is 0. The van der Waals surface area contributed by atoms with Crippen LogP contribution in [0.3, 0.4) is 0 Å². The van der Waals surface area contributed by atoms with E-state index < -0.39 is 27.0 Å². The summed E-state index contributed by atoms with van der Waals surface area (Å²) < 4.78 is 71.6. The average molecular weight is 404 g/mol. The number of aryl methyl sites for hydroxylation is 1. The zero-order valence-electron chi connectivity index (χ0n) is 14.0. The van der Waals surface area contributed by atoms with E-state index in [2.05, 4.69) is 20.0 Å². The Hall–Kier alpha value is -2.67. The van der Waals surface area contributed by atoms with Crippen LogP contribution in [0, 0.1) is 0 Å². The van der Waals surface area contributed by atoms with E-state index in [0.29, 0.717) is 18.8 Å². The number of alkyl halides is 3. The molecule has 3 aromatic heterocycles. The van der Waals surface area contributed by atoms with E-state index >= 15 is 0 Å². The number of hydrogen-bond donors (Lipinski definition) is 2. The second-order valence-electron chi connectivity index (χ2n) is 5.46. The van der Waals surface area contributed by atoms with E-state index in [1.807, 2.05) is 12.0 Å². The summed E-state index contributed by atoms with van der Waals surface area (Å²) in [6.45, 7) is 2.61. The summed E-state index contributed by atoms with van der Waals surface area (Å²) in [6.07, 6.45) is -2.73. The highest BCUT2D eigenvalue weighted by Gasteiger charge is 2.33. The lowest BCUT2D eigenvalue weighted by atomic mass is 10.3. The summed E-state index contributed by atoms with van der Waals surface area (Å²) in [6, 6.07) is 3.12. The van der Waals surface area contributed by atoms with Gasteiger partial charge < -0.3 is 8.98 Å². The number of nitrogens with one attached hydrogen (secondary N) is 2. The number of halogens is 3. The van der Waals surface area contributed by atoms with Crippen LogP contribution in [0.2, 0.25) is 0 Å². The van der Waals surface area contributed by atoms with Gasteiger partial charge >= 0.3 is 6.18 Å². The second kappa shape index (κ2) is 7.15. The lowest BCUT2D eigenvalue weighted by molar-refractivity contribution is -0.141. The molecular formula is C14H15F3N6O3S. The first-order valence-electron chi connectivity index (χ1n) is 7.80. The molecule has 2 N–H and O–H groups in total. The molecule has 9 nitrogen and oxygen atoms in total. The predicted octanol–water partition coefficient (Wildman–Crippen LogP) is 1.82. The molecule has 0 unspecified atom stereocenters. The van der Waals surface area contributed by atoms with Crippen LogP contribution < -0.4 is 4.72 Å².